The molecule has 1 fully saturated rings. The molecule has 0 bridgehead atoms. The molecule has 3 heteroatoms. The van der Waals surface area contributed by atoms with Gasteiger partial charge in [-0.05, 0) is 30.5 Å². The van der Waals surface area contributed by atoms with E-state index in [1.165, 1.54) is 0 Å². The van der Waals surface area contributed by atoms with Crippen LogP contribution in [0.5, 0.6) is 0 Å². The van der Waals surface area contributed by atoms with Crippen molar-refractivity contribution in [2.45, 2.75) is 18.9 Å². The highest BCUT2D eigenvalue weighted by molar-refractivity contribution is 6.30. The number of aliphatic hydroxyl groups excluding tert-OH is 1. The zero-order valence-corrected chi connectivity index (χ0v) is 8.67. The van der Waals surface area contributed by atoms with Crippen molar-refractivity contribution in [2.24, 2.45) is 11.1 Å². The van der Waals surface area contributed by atoms with E-state index in [1.54, 1.807) is 12.1 Å². The molecule has 2 rings (SSSR count). The standard InChI is InChI=1S/C11H14ClNO/c12-9-3-1-8(2-4-9)10(14)11(7-13)5-6-11/h1-4,10,14H,5-7,13H2/t10-/m0/s1. The normalized spacial score (nSPS) is 20.5. The average molecular weight is 212 g/mol. The number of hydrogen-bond donors (Lipinski definition) is 2. The second-order valence-corrected chi connectivity index (χ2v) is 4.46. The Kier molecular flexibility index (Phi) is 2.52. The molecule has 0 amide bonds. The van der Waals surface area contributed by atoms with Crippen molar-refractivity contribution in [1.82, 2.24) is 0 Å². The second-order valence-electron chi connectivity index (χ2n) is 4.02. The molecular weight excluding hydrogens is 198 g/mol. The fourth-order valence-electron chi connectivity index (χ4n) is 1.75. The van der Waals surface area contributed by atoms with Crippen LogP contribution >= 0.6 is 11.6 Å². The summed E-state index contributed by atoms with van der Waals surface area (Å²) in [6.07, 6.45) is 1.60. The summed E-state index contributed by atoms with van der Waals surface area (Å²) in [6.45, 7) is 0.552. The van der Waals surface area contributed by atoms with Crippen molar-refractivity contribution in [2.75, 3.05) is 6.54 Å². The third kappa shape index (κ3) is 1.65. The minimum atomic E-state index is -0.440. The van der Waals surface area contributed by atoms with Crippen molar-refractivity contribution in [3.05, 3.63) is 34.9 Å². The van der Waals surface area contributed by atoms with Gasteiger partial charge in [-0.1, -0.05) is 23.7 Å². The number of benzene rings is 1. The lowest BCUT2D eigenvalue weighted by Gasteiger charge is -2.20. The van der Waals surface area contributed by atoms with Crippen molar-refractivity contribution in [1.29, 1.82) is 0 Å². The minimum absolute atomic E-state index is 0.0617. The number of rotatable bonds is 3. The van der Waals surface area contributed by atoms with E-state index in [1.807, 2.05) is 12.1 Å². The molecule has 0 radical (unpaired) electrons. The molecule has 1 aromatic carbocycles. The summed E-state index contributed by atoms with van der Waals surface area (Å²) < 4.78 is 0. The van der Waals surface area contributed by atoms with Gasteiger partial charge in [0.25, 0.3) is 0 Å². The smallest absolute Gasteiger partial charge is 0.0858 e. The Hall–Kier alpha value is -0.570. The molecule has 0 saturated heterocycles. The molecule has 1 aliphatic carbocycles. The van der Waals surface area contributed by atoms with Crippen molar-refractivity contribution in [3.63, 3.8) is 0 Å². The van der Waals surface area contributed by atoms with Crippen LogP contribution in [0.2, 0.25) is 5.02 Å². The SMILES string of the molecule is NCC1([C@@H](O)c2ccc(Cl)cc2)CC1. The lowest BCUT2D eigenvalue weighted by molar-refractivity contribution is 0.0975. The molecule has 0 heterocycles. The van der Waals surface area contributed by atoms with Gasteiger partial charge in [-0.3, -0.25) is 0 Å². The Morgan fingerprint density at radius 2 is 1.93 bits per heavy atom. The molecule has 76 valence electrons. The molecule has 1 atom stereocenters. The Labute approximate surface area is 88.7 Å². The third-order valence-corrected chi connectivity index (χ3v) is 3.32. The summed E-state index contributed by atoms with van der Waals surface area (Å²) in [4.78, 5) is 0. The van der Waals surface area contributed by atoms with E-state index in [0.29, 0.717) is 11.6 Å². The van der Waals surface area contributed by atoms with Crippen LogP contribution < -0.4 is 5.73 Å². The maximum atomic E-state index is 10.1. The van der Waals surface area contributed by atoms with Crippen LogP contribution in [0.15, 0.2) is 24.3 Å². The van der Waals surface area contributed by atoms with Gasteiger partial charge in [0.2, 0.25) is 0 Å². The van der Waals surface area contributed by atoms with E-state index in [4.69, 9.17) is 17.3 Å². The maximum Gasteiger partial charge on any atom is 0.0858 e. The number of nitrogens with two attached hydrogens (primary N) is 1. The highest BCUT2D eigenvalue weighted by Crippen LogP contribution is 2.53. The first kappa shape index (κ1) is 9.97. The summed E-state index contributed by atoms with van der Waals surface area (Å²) in [5, 5.41) is 10.8. The summed E-state index contributed by atoms with van der Waals surface area (Å²) in [5.74, 6) is 0. The van der Waals surface area contributed by atoms with Crippen LogP contribution in [0.25, 0.3) is 0 Å². The molecule has 0 aliphatic heterocycles. The Morgan fingerprint density at radius 1 is 1.36 bits per heavy atom. The fourth-order valence-corrected chi connectivity index (χ4v) is 1.87. The lowest BCUT2D eigenvalue weighted by atomic mass is 9.93. The first-order chi connectivity index (χ1) is 6.68. The van der Waals surface area contributed by atoms with E-state index in [0.717, 1.165) is 18.4 Å². The van der Waals surface area contributed by atoms with Gasteiger partial charge in [0.15, 0.2) is 0 Å². The number of hydrogen-bond acceptors (Lipinski definition) is 2. The Morgan fingerprint density at radius 3 is 2.36 bits per heavy atom. The van der Waals surface area contributed by atoms with Gasteiger partial charge >= 0.3 is 0 Å². The lowest BCUT2D eigenvalue weighted by Crippen LogP contribution is -2.23. The molecule has 0 spiro atoms. The molecule has 3 N–H and O–H groups in total. The Balaban J connectivity index is 2.19. The predicted octanol–water partition coefficient (Wildman–Crippen LogP) is 2.11. The van der Waals surface area contributed by atoms with Gasteiger partial charge in [0, 0.05) is 17.0 Å². The van der Waals surface area contributed by atoms with E-state index in [2.05, 4.69) is 0 Å². The fraction of sp³-hybridized carbons (Fsp3) is 0.455. The van der Waals surface area contributed by atoms with Gasteiger partial charge in [-0.15, -0.1) is 0 Å². The highest BCUT2D eigenvalue weighted by Gasteiger charge is 2.48. The van der Waals surface area contributed by atoms with Gasteiger partial charge < -0.3 is 10.8 Å². The third-order valence-electron chi connectivity index (χ3n) is 3.06. The molecule has 14 heavy (non-hydrogen) atoms. The highest BCUT2D eigenvalue weighted by atomic mass is 35.5. The quantitative estimate of drug-likeness (QED) is 0.805. The molecule has 0 unspecified atom stereocenters. The van der Waals surface area contributed by atoms with Gasteiger partial charge in [0.1, 0.15) is 0 Å². The molecule has 0 aromatic heterocycles. The summed E-state index contributed by atoms with van der Waals surface area (Å²) in [6, 6.07) is 7.32. The van der Waals surface area contributed by atoms with Crippen LogP contribution in [-0.4, -0.2) is 11.7 Å². The maximum absolute atomic E-state index is 10.1. The van der Waals surface area contributed by atoms with Crippen LogP contribution in [0.3, 0.4) is 0 Å². The van der Waals surface area contributed by atoms with Crippen LogP contribution in [0, 0.1) is 5.41 Å². The number of aliphatic hydroxyl groups is 1. The topological polar surface area (TPSA) is 46.2 Å². The zero-order chi connectivity index (χ0) is 10.2. The van der Waals surface area contributed by atoms with E-state index in [9.17, 15) is 5.11 Å². The Bertz CT molecular complexity index is 319. The molecule has 2 nitrogen and oxygen atoms in total. The van der Waals surface area contributed by atoms with Gasteiger partial charge in [0.05, 0.1) is 6.10 Å². The van der Waals surface area contributed by atoms with Gasteiger partial charge in [-0.2, -0.15) is 0 Å². The zero-order valence-electron chi connectivity index (χ0n) is 7.91. The summed E-state index contributed by atoms with van der Waals surface area (Å²) in [5.41, 5.74) is 6.50. The van der Waals surface area contributed by atoms with Gasteiger partial charge in [-0.25, -0.2) is 0 Å². The van der Waals surface area contributed by atoms with E-state index >= 15 is 0 Å². The van der Waals surface area contributed by atoms with Crippen LogP contribution in [0.1, 0.15) is 24.5 Å². The molecule has 1 aromatic rings. The first-order valence-electron chi connectivity index (χ1n) is 4.81. The van der Waals surface area contributed by atoms with Crippen molar-refractivity contribution < 1.29 is 5.11 Å². The predicted molar refractivity (Wildman–Crippen MR) is 57.1 cm³/mol. The molecule has 1 aliphatic rings. The second kappa shape index (κ2) is 3.54. The van der Waals surface area contributed by atoms with Crippen molar-refractivity contribution >= 4 is 11.6 Å². The van der Waals surface area contributed by atoms with Crippen LogP contribution in [-0.2, 0) is 0 Å². The van der Waals surface area contributed by atoms with Crippen molar-refractivity contribution in [3.8, 4) is 0 Å². The molecular formula is C11H14ClNO. The van der Waals surface area contributed by atoms with Crippen LogP contribution in [0.4, 0.5) is 0 Å². The largest absolute Gasteiger partial charge is 0.388 e. The monoisotopic (exact) mass is 211 g/mol. The molecule has 1 saturated carbocycles. The summed E-state index contributed by atoms with van der Waals surface area (Å²) >= 11 is 5.77. The minimum Gasteiger partial charge on any atom is -0.388 e. The number of halogens is 1. The average Bonchev–Trinajstić information content (AvgIpc) is 2.99. The van der Waals surface area contributed by atoms with E-state index < -0.39 is 6.10 Å². The summed E-state index contributed by atoms with van der Waals surface area (Å²) in [7, 11) is 0. The van der Waals surface area contributed by atoms with E-state index in [-0.39, 0.29) is 5.41 Å². The first-order valence-corrected chi connectivity index (χ1v) is 5.19.